The van der Waals surface area contributed by atoms with E-state index in [1.165, 1.54) is 11.8 Å². The van der Waals surface area contributed by atoms with Crippen LogP contribution >= 0.6 is 0 Å². The number of allylic oxidation sites excluding steroid dienone is 1. The number of nitrogens with one attached hydrogen (secondary N) is 1. The maximum absolute atomic E-state index is 14.2. The number of aryl methyl sites for hydroxylation is 1. The SMILES string of the molecule is CC[C@@]12CCCCc3ccc4c(c3)[C@H](CC(C)(C)O4)NC(=O)C3(C)C=C(C=C(C(F)(F)F)C3)[C@@H](C)N(C(=O)C1)C(N)=N2. The van der Waals surface area contributed by atoms with E-state index in [1.807, 2.05) is 39.0 Å². The Morgan fingerprint density at radius 2 is 1.90 bits per heavy atom. The molecule has 6 rings (SSSR count). The van der Waals surface area contributed by atoms with Gasteiger partial charge in [0.1, 0.15) is 11.4 Å². The van der Waals surface area contributed by atoms with Crippen LogP contribution in [0.15, 0.2) is 46.5 Å². The highest BCUT2D eigenvalue weighted by Gasteiger charge is 2.47. The Morgan fingerprint density at radius 3 is 2.57 bits per heavy atom. The molecule has 0 fully saturated rings. The maximum Gasteiger partial charge on any atom is 0.412 e. The third-order valence-electron chi connectivity index (χ3n) is 9.34. The lowest BCUT2D eigenvalue weighted by atomic mass is 9.74. The van der Waals surface area contributed by atoms with Gasteiger partial charge in [0.2, 0.25) is 11.8 Å². The first-order valence-corrected chi connectivity index (χ1v) is 14.9. The molecule has 7 nitrogen and oxygen atoms in total. The van der Waals surface area contributed by atoms with Crippen LogP contribution in [0.4, 0.5) is 13.2 Å². The van der Waals surface area contributed by atoms with E-state index in [2.05, 4.69) is 5.32 Å². The van der Waals surface area contributed by atoms with Gasteiger partial charge in [0.25, 0.3) is 0 Å². The predicted octanol–water partition coefficient (Wildman–Crippen LogP) is 6.04. The van der Waals surface area contributed by atoms with Crippen molar-refractivity contribution in [3.05, 3.63) is 52.6 Å². The third-order valence-corrected chi connectivity index (χ3v) is 9.34. The van der Waals surface area contributed by atoms with Crippen molar-refractivity contribution in [1.82, 2.24) is 10.2 Å². The third kappa shape index (κ3) is 5.69. The summed E-state index contributed by atoms with van der Waals surface area (Å²) in [6.45, 7) is 9.00. The molecule has 0 radical (unpaired) electrons. The summed E-state index contributed by atoms with van der Waals surface area (Å²) in [6.07, 6.45) is 1.84. The molecular formula is C32H41F3N4O3. The number of halogens is 3. The topological polar surface area (TPSA) is 97.0 Å². The average molecular weight is 587 g/mol. The van der Waals surface area contributed by atoms with Gasteiger partial charge in [-0.25, -0.2) is 4.99 Å². The maximum atomic E-state index is 14.2. The van der Waals surface area contributed by atoms with Crippen molar-refractivity contribution in [2.45, 2.75) is 115 Å². The largest absolute Gasteiger partial charge is 0.487 e. The number of aliphatic imine (C=N–C) groups is 1. The van der Waals surface area contributed by atoms with Gasteiger partial charge in [0.15, 0.2) is 5.96 Å². The molecule has 3 N–H and O–H groups in total. The van der Waals surface area contributed by atoms with E-state index in [0.29, 0.717) is 25.0 Å². The number of hydrogen-bond donors (Lipinski definition) is 2. The second-order valence-electron chi connectivity index (χ2n) is 13.2. The Morgan fingerprint density at radius 1 is 1.17 bits per heavy atom. The first-order chi connectivity index (χ1) is 19.5. The predicted molar refractivity (Wildman–Crippen MR) is 155 cm³/mol. The van der Waals surface area contributed by atoms with E-state index in [1.54, 1.807) is 13.0 Å². The van der Waals surface area contributed by atoms with Crippen LogP contribution in [0.2, 0.25) is 0 Å². The second kappa shape index (κ2) is 10.5. The Kier molecular flexibility index (Phi) is 7.51. The molecule has 1 unspecified atom stereocenters. The lowest BCUT2D eigenvalue weighted by Gasteiger charge is -2.42. The first kappa shape index (κ1) is 30.2. The smallest absolute Gasteiger partial charge is 0.412 e. The molecule has 228 valence electrons. The number of benzene rings is 1. The van der Waals surface area contributed by atoms with Crippen molar-refractivity contribution in [2.75, 3.05) is 0 Å². The fraction of sp³-hybridized carbons (Fsp3) is 0.594. The number of carbonyl (C=O) groups excluding carboxylic acids is 2. The number of nitrogens with zero attached hydrogens (tertiary/aromatic N) is 2. The standard InChI is InChI=1S/C32H41F3N4O3/c1-6-31-12-8-7-9-20-10-11-25-23(13-20)24(17-29(3,4)42-25)37-27(41)30(5)15-21(14-22(16-30)32(33,34)35)19(2)39(26(40)18-31)28(36)38-31/h10-11,13-15,19,24H,6-9,12,16-18H2,1-5H3,(H2,36,38)(H,37,41)/t19-,24+,30?,31-/m1/s1. The monoisotopic (exact) mass is 586 g/mol. The molecule has 42 heavy (non-hydrogen) atoms. The number of guanidine groups is 1. The summed E-state index contributed by atoms with van der Waals surface area (Å²) >= 11 is 0. The van der Waals surface area contributed by atoms with Gasteiger partial charge in [-0.15, -0.1) is 0 Å². The Bertz CT molecular complexity index is 1380. The summed E-state index contributed by atoms with van der Waals surface area (Å²) in [5, 5.41) is 3.09. The number of fused-ring (bicyclic) bond motifs is 5. The van der Waals surface area contributed by atoms with Gasteiger partial charge < -0.3 is 15.8 Å². The lowest BCUT2D eigenvalue weighted by molar-refractivity contribution is -0.131. The Labute approximate surface area is 245 Å². The number of rotatable bonds is 1. The Hall–Kier alpha value is -3.30. The summed E-state index contributed by atoms with van der Waals surface area (Å²) in [4.78, 5) is 33.6. The zero-order valence-corrected chi connectivity index (χ0v) is 25.0. The zero-order chi connectivity index (χ0) is 30.7. The molecule has 0 saturated heterocycles. The molecule has 6 bridgehead atoms. The van der Waals surface area contributed by atoms with Crippen LogP contribution in [0.1, 0.15) is 96.7 Å². The van der Waals surface area contributed by atoms with Crippen LogP contribution in [0.5, 0.6) is 5.75 Å². The summed E-state index contributed by atoms with van der Waals surface area (Å²) in [6, 6.07) is 4.70. The van der Waals surface area contributed by atoms with Crippen LogP contribution < -0.4 is 15.8 Å². The van der Waals surface area contributed by atoms with Crippen LogP contribution in [-0.4, -0.2) is 46.0 Å². The average Bonchev–Trinajstić information content (AvgIpc) is 2.89. The van der Waals surface area contributed by atoms with Gasteiger partial charge in [0.05, 0.1) is 29.5 Å². The molecule has 1 aromatic rings. The number of nitrogens with two attached hydrogens (primary N) is 1. The summed E-state index contributed by atoms with van der Waals surface area (Å²) in [5.74, 6) is -0.116. The summed E-state index contributed by atoms with van der Waals surface area (Å²) < 4.78 is 49.0. The van der Waals surface area contributed by atoms with Gasteiger partial charge in [-0.1, -0.05) is 31.6 Å². The zero-order valence-electron chi connectivity index (χ0n) is 25.0. The molecule has 0 spiro atoms. The molecule has 5 aliphatic rings. The summed E-state index contributed by atoms with van der Waals surface area (Å²) in [7, 11) is 0. The van der Waals surface area contributed by atoms with E-state index in [4.69, 9.17) is 15.5 Å². The molecule has 4 aliphatic heterocycles. The number of carbonyl (C=O) groups is 2. The molecule has 4 heterocycles. The highest BCUT2D eigenvalue weighted by Crippen LogP contribution is 2.45. The highest BCUT2D eigenvalue weighted by atomic mass is 19.4. The number of alkyl halides is 3. The van der Waals surface area contributed by atoms with Gasteiger partial charge in [0, 0.05) is 17.6 Å². The van der Waals surface area contributed by atoms with Crippen molar-refractivity contribution in [3.63, 3.8) is 0 Å². The second-order valence-corrected chi connectivity index (χ2v) is 13.2. The normalized spacial score (nSPS) is 31.6. The number of hydrogen-bond acceptors (Lipinski definition) is 5. The minimum Gasteiger partial charge on any atom is -0.487 e. The van der Waals surface area contributed by atoms with Crippen LogP contribution in [0, 0.1) is 5.41 Å². The molecule has 1 aliphatic carbocycles. The van der Waals surface area contributed by atoms with Crippen LogP contribution in [-0.2, 0) is 16.0 Å². The Balaban J connectivity index is 1.63. The van der Waals surface area contributed by atoms with Gasteiger partial charge >= 0.3 is 6.18 Å². The summed E-state index contributed by atoms with van der Waals surface area (Å²) in [5.41, 5.74) is 4.93. The van der Waals surface area contributed by atoms with Crippen molar-refractivity contribution < 1.29 is 27.5 Å². The molecular weight excluding hydrogens is 545 g/mol. The van der Waals surface area contributed by atoms with Gasteiger partial charge in [-0.3, -0.25) is 14.5 Å². The van der Waals surface area contributed by atoms with E-state index in [0.717, 1.165) is 36.5 Å². The van der Waals surface area contributed by atoms with Crippen LogP contribution in [0.3, 0.4) is 0 Å². The van der Waals surface area contributed by atoms with E-state index < -0.39 is 52.7 Å². The number of amides is 2. The fourth-order valence-corrected chi connectivity index (χ4v) is 6.89. The number of ether oxygens (including phenoxy) is 1. The van der Waals surface area contributed by atoms with E-state index in [9.17, 15) is 22.8 Å². The van der Waals surface area contributed by atoms with Gasteiger partial charge in [-0.2, -0.15) is 13.2 Å². The molecule has 10 heteroatoms. The van der Waals surface area contributed by atoms with E-state index >= 15 is 0 Å². The lowest BCUT2D eigenvalue weighted by Crippen LogP contribution is -2.55. The molecule has 0 saturated carbocycles. The van der Waals surface area contributed by atoms with Crippen molar-refractivity contribution >= 4 is 17.8 Å². The molecule has 4 atom stereocenters. The van der Waals surface area contributed by atoms with E-state index in [-0.39, 0.29) is 23.9 Å². The molecule has 2 amide bonds. The minimum absolute atomic E-state index is 0.00553. The van der Waals surface area contributed by atoms with Gasteiger partial charge in [-0.05, 0) is 83.1 Å². The van der Waals surface area contributed by atoms with Crippen molar-refractivity contribution in [1.29, 1.82) is 0 Å². The molecule has 0 aromatic heterocycles. The highest BCUT2D eigenvalue weighted by molar-refractivity contribution is 6.00. The van der Waals surface area contributed by atoms with Crippen molar-refractivity contribution in [2.24, 2.45) is 16.1 Å². The quantitative estimate of drug-likeness (QED) is 0.419. The minimum atomic E-state index is -4.65. The fourth-order valence-electron chi connectivity index (χ4n) is 6.89. The molecule has 1 aromatic carbocycles. The van der Waals surface area contributed by atoms with Crippen LogP contribution in [0.25, 0.3) is 0 Å². The first-order valence-electron chi connectivity index (χ1n) is 14.9. The van der Waals surface area contributed by atoms with Crippen molar-refractivity contribution in [3.8, 4) is 5.75 Å².